The summed E-state index contributed by atoms with van der Waals surface area (Å²) < 4.78 is 14.8. The standard InChI is InChI=1S/C45H32N5O2.Pt/c1-45(2,3)29-21-23-46-43(24-29)50-38-14-6-4-12-34(38)35-19-18-33(27-40(35)50)51-32-11-8-10-30(25-32)49-28-48(39-15-9-22-47-44(39)49)31-17-20-42-37(26-31)36-13-5-7-16-41(36)52-42;/h4-24,26,28H,1-3H3;/q-3;. The molecule has 0 aliphatic carbocycles. The molecule has 4 aromatic heterocycles. The van der Waals surface area contributed by atoms with Gasteiger partial charge in [-0.3, -0.25) is 0 Å². The van der Waals surface area contributed by atoms with Crippen molar-refractivity contribution in [2.75, 3.05) is 9.80 Å². The van der Waals surface area contributed by atoms with Crippen molar-refractivity contribution >= 4 is 66.6 Å². The summed E-state index contributed by atoms with van der Waals surface area (Å²) >= 11 is 0. The minimum Gasteiger partial charge on any atom is -0.509 e. The van der Waals surface area contributed by atoms with Gasteiger partial charge in [-0.2, -0.15) is 12.1 Å². The normalized spacial score (nSPS) is 12.9. The number of furan rings is 1. The average Bonchev–Trinajstić information content (AvgIpc) is 3.84. The zero-order chi connectivity index (χ0) is 35.0. The molecule has 10 rings (SSSR count). The Morgan fingerprint density at radius 1 is 0.660 bits per heavy atom. The summed E-state index contributed by atoms with van der Waals surface area (Å²) in [5, 5.41) is 4.37. The molecular weight excluding hydrogens is 838 g/mol. The van der Waals surface area contributed by atoms with E-state index < -0.39 is 0 Å². The molecule has 9 aromatic rings. The predicted molar refractivity (Wildman–Crippen MR) is 208 cm³/mol. The fraction of sp³-hybridized carbons (Fsp3) is 0.0889. The van der Waals surface area contributed by atoms with Crippen molar-refractivity contribution in [2.45, 2.75) is 26.2 Å². The number of aromatic nitrogens is 3. The van der Waals surface area contributed by atoms with E-state index in [2.05, 4.69) is 109 Å². The summed E-state index contributed by atoms with van der Waals surface area (Å²) in [6.45, 7) is 8.70. The fourth-order valence-corrected chi connectivity index (χ4v) is 7.17. The third kappa shape index (κ3) is 5.55. The summed E-state index contributed by atoms with van der Waals surface area (Å²) in [5.74, 6) is 2.80. The maximum atomic E-state index is 6.50. The van der Waals surface area contributed by atoms with Crippen LogP contribution in [0.15, 0.2) is 138 Å². The van der Waals surface area contributed by atoms with E-state index in [1.54, 1.807) is 0 Å². The smallest absolute Gasteiger partial charge is 0.135 e. The molecule has 0 N–H and O–H groups in total. The molecule has 1 aliphatic rings. The van der Waals surface area contributed by atoms with E-state index in [0.717, 1.165) is 72.4 Å². The number of para-hydroxylation sites is 2. The van der Waals surface area contributed by atoms with Crippen LogP contribution >= 0.6 is 0 Å². The molecule has 0 saturated heterocycles. The Balaban J connectivity index is 0.00000372. The summed E-state index contributed by atoms with van der Waals surface area (Å²) in [5.41, 5.74) is 7.66. The Morgan fingerprint density at radius 3 is 2.36 bits per heavy atom. The van der Waals surface area contributed by atoms with Gasteiger partial charge >= 0.3 is 0 Å². The second-order valence-corrected chi connectivity index (χ2v) is 14.1. The molecule has 0 unspecified atom stereocenters. The topological polar surface area (TPSA) is 59.6 Å². The number of benzene rings is 5. The van der Waals surface area contributed by atoms with Crippen LogP contribution in [0.25, 0.3) is 49.6 Å². The molecule has 7 nitrogen and oxygen atoms in total. The molecule has 0 atom stereocenters. The van der Waals surface area contributed by atoms with E-state index in [0.29, 0.717) is 11.5 Å². The van der Waals surface area contributed by atoms with Gasteiger partial charge in [0, 0.05) is 66.9 Å². The van der Waals surface area contributed by atoms with Crippen LogP contribution in [0.3, 0.4) is 0 Å². The largest absolute Gasteiger partial charge is 0.509 e. The van der Waals surface area contributed by atoms with Gasteiger partial charge in [0.25, 0.3) is 0 Å². The molecule has 0 bridgehead atoms. The van der Waals surface area contributed by atoms with Gasteiger partial charge in [0.1, 0.15) is 22.8 Å². The Morgan fingerprint density at radius 2 is 1.47 bits per heavy atom. The Bertz CT molecular complexity index is 2830. The van der Waals surface area contributed by atoms with E-state index in [4.69, 9.17) is 19.1 Å². The monoisotopic (exact) mass is 869 g/mol. The summed E-state index contributed by atoms with van der Waals surface area (Å²) in [6.07, 6.45) is 3.70. The first-order valence-corrected chi connectivity index (χ1v) is 17.3. The van der Waals surface area contributed by atoms with Gasteiger partial charge in [-0.1, -0.05) is 68.4 Å². The number of ether oxygens (including phenoxy) is 1. The number of hydrogen-bond acceptors (Lipinski definition) is 6. The maximum Gasteiger partial charge on any atom is 0.135 e. The second-order valence-electron chi connectivity index (χ2n) is 14.1. The van der Waals surface area contributed by atoms with Crippen LogP contribution < -0.4 is 14.5 Å². The summed E-state index contributed by atoms with van der Waals surface area (Å²) in [7, 11) is 0. The number of hydrogen-bond donors (Lipinski definition) is 0. The number of pyridine rings is 2. The number of rotatable bonds is 5. The van der Waals surface area contributed by atoms with E-state index >= 15 is 0 Å². The SMILES string of the molecule is CC(C)(C)c1ccnc(-n2c3[c-]c(Oc4[c-]c(N5[CH-]N(c6ccc7oc8ccccc8c7c6)c6cccnc65)ccc4)ccc3c3ccccc32)c1.[Pt]. The van der Waals surface area contributed by atoms with Crippen LogP contribution in [0.1, 0.15) is 26.3 Å². The van der Waals surface area contributed by atoms with Gasteiger partial charge < -0.3 is 23.5 Å². The van der Waals surface area contributed by atoms with Gasteiger partial charge in [0.05, 0.1) is 5.69 Å². The third-order valence-electron chi connectivity index (χ3n) is 9.75. The molecule has 53 heavy (non-hydrogen) atoms. The van der Waals surface area contributed by atoms with Crippen LogP contribution in [0.5, 0.6) is 11.5 Å². The second kappa shape index (κ2) is 12.6. The molecular formula is C45H32N5O2Pt-3. The van der Waals surface area contributed by atoms with E-state index in [1.165, 1.54) is 5.56 Å². The molecule has 0 radical (unpaired) electrons. The Hall–Kier alpha value is -5.91. The van der Waals surface area contributed by atoms with E-state index in [9.17, 15) is 0 Å². The first-order valence-electron chi connectivity index (χ1n) is 17.3. The predicted octanol–water partition coefficient (Wildman–Crippen LogP) is 11.6. The van der Waals surface area contributed by atoms with Crippen LogP contribution in [-0.4, -0.2) is 14.5 Å². The molecule has 5 aromatic carbocycles. The molecule has 8 heteroatoms. The fourth-order valence-electron chi connectivity index (χ4n) is 7.17. The number of anilines is 4. The van der Waals surface area contributed by atoms with Gasteiger partial charge in [-0.25, -0.2) is 9.97 Å². The molecule has 0 amide bonds. The minimum absolute atomic E-state index is 0. The van der Waals surface area contributed by atoms with Crippen LogP contribution in [-0.2, 0) is 26.5 Å². The first-order chi connectivity index (χ1) is 25.4. The van der Waals surface area contributed by atoms with Crippen molar-refractivity contribution in [3.63, 3.8) is 0 Å². The van der Waals surface area contributed by atoms with Crippen LogP contribution in [0.2, 0.25) is 0 Å². The Labute approximate surface area is 321 Å². The molecule has 0 spiro atoms. The van der Waals surface area contributed by atoms with Crippen molar-refractivity contribution in [2.24, 2.45) is 0 Å². The van der Waals surface area contributed by atoms with E-state index in [1.807, 2.05) is 78.6 Å². The van der Waals surface area contributed by atoms with Crippen molar-refractivity contribution in [1.82, 2.24) is 14.5 Å². The van der Waals surface area contributed by atoms with Gasteiger partial charge in [0.15, 0.2) is 0 Å². The molecule has 0 fully saturated rings. The van der Waals surface area contributed by atoms with Crippen LogP contribution in [0, 0.1) is 18.8 Å². The molecule has 5 heterocycles. The third-order valence-corrected chi connectivity index (χ3v) is 9.75. The quantitative estimate of drug-likeness (QED) is 0.161. The zero-order valence-electron chi connectivity index (χ0n) is 29.1. The van der Waals surface area contributed by atoms with Gasteiger partial charge in [-0.05, 0) is 71.0 Å². The van der Waals surface area contributed by atoms with Crippen molar-refractivity contribution in [3.8, 4) is 17.3 Å². The summed E-state index contributed by atoms with van der Waals surface area (Å²) in [6, 6.07) is 48.1. The van der Waals surface area contributed by atoms with E-state index in [-0.39, 0.29) is 26.5 Å². The molecule has 262 valence electrons. The van der Waals surface area contributed by atoms with Gasteiger partial charge in [0.2, 0.25) is 0 Å². The minimum atomic E-state index is -0.0164. The molecule has 1 aliphatic heterocycles. The Kier molecular flexibility index (Phi) is 7.86. The van der Waals surface area contributed by atoms with Crippen molar-refractivity contribution in [1.29, 1.82) is 0 Å². The van der Waals surface area contributed by atoms with Crippen molar-refractivity contribution in [3.05, 3.63) is 158 Å². The zero-order valence-corrected chi connectivity index (χ0v) is 31.4. The van der Waals surface area contributed by atoms with Crippen molar-refractivity contribution < 1.29 is 30.2 Å². The maximum absolute atomic E-state index is 6.50. The van der Waals surface area contributed by atoms with Gasteiger partial charge in [-0.15, -0.1) is 42.4 Å². The first kappa shape index (κ1) is 33.0. The van der Waals surface area contributed by atoms with Crippen LogP contribution in [0.4, 0.5) is 22.9 Å². The molecule has 0 saturated carbocycles. The summed E-state index contributed by atoms with van der Waals surface area (Å²) in [4.78, 5) is 13.8. The average molecular weight is 870 g/mol. The number of nitrogens with zero attached hydrogens (tertiary/aromatic N) is 5. The number of fused-ring (bicyclic) bond motifs is 7.